The van der Waals surface area contributed by atoms with Crippen molar-refractivity contribution in [2.24, 2.45) is 12.8 Å². The zero-order valence-corrected chi connectivity index (χ0v) is 10.1. The van der Waals surface area contributed by atoms with Crippen LogP contribution in [0.15, 0.2) is 42.5 Å². The van der Waals surface area contributed by atoms with Crippen LogP contribution in [-0.2, 0) is 7.05 Å². The first-order valence-corrected chi connectivity index (χ1v) is 5.91. The molecule has 1 aromatic heterocycles. The highest BCUT2D eigenvalue weighted by Crippen LogP contribution is 2.29. The highest BCUT2D eigenvalue weighted by Gasteiger charge is 2.09. The van der Waals surface area contributed by atoms with Gasteiger partial charge in [-0.25, -0.2) is 0 Å². The second-order valence-electron chi connectivity index (χ2n) is 4.64. The predicted octanol–water partition coefficient (Wildman–Crippen LogP) is 3.35. The van der Waals surface area contributed by atoms with Gasteiger partial charge in [0.25, 0.3) is 0 Å². The topological polar surface area (TPSA) is 30.9 Å². The molecule has 2 N–H and O–H groups in total. The van der Waals surface area contributed by atoms with Crippen LogP contribution < -0.4 is 5.73 Å². The van der Waals surface area contributed by atoms with Gasteiger partial charge < -0.3 is 10.3 Å². The molecule has 2 heteroatoms. The van der Waals surface area contributed by atoms with Crippen molar-refractivity contribution in [1.29, 1.82) is 0 Å². The summed E-state index contributed by atoms with van der Waals surface area (Å²) in [6, 6.07) is 15.1. The number of rotatable bonds is 1. The van der Waals surface area contributed by atoms with Crippen LogP contribution in [0.25, 0.3) is 21.8 Å². The van der Waals surface area contributed by atoms with E-state index in [1.54, 1.807) is 0 Å². The Balaban J connectivity index is 2.46. The normalized spacial score (nSPS) is 13.4. The summed E-state index contributed by atoms with van der Waals surface area (Å²) in [7, 11) is 2.11. The quantitative estimate of drug-likeness (QED) is 0.675. The van der Waals surface area contributed by atoms with Crippen LogP contribution in [0.4, 0.5) is 0 Å². The molecule has 0 aliphatic carbocycles. The third-order valence-corrected chi connectivity index (χ3v) is 3.46. The average molecular weight is 224 g/mol. The fourth-order valence-corrected chi connectivity index (χ4v) is 2.47. The Morgan fingerprint density at radius 3 is 2.47 bits per heavy atom. The van der Waals surface area contributed by atoms with Gasteiger partial charge in [0, 0.05) is 34.9 Å². The molecule has 0 aliphatic rings. The van der Waals surface area contributed by atoms with Crippen molar-refractivity contribution in [2.45, 2.75) is 13.0 Å². The largest absolute Gasteiger partial charge is 0.344 e. The first kappa shape index (κ1) is 10.4. The predicted molar refractivity (Wildman–Crippen MR) is 73.0 cm³/mol. The number of benzene rings is 2. The van der Waals surface area contributed by atoms with E-state index in [9.17, 15) is 0 Å². The van der Waals surface area contributed by atoms with E-state index in [1.165, 1.54) is 27.4 Å². The molecule has 1 unspecified atom stereocenters. The van der Waals surface area contributed by atoms with Gasteiger partial charge in [-0.2, -0.15) is 0 Å². The molecule has 0 saturated heterocycles. The monoisotopic (exact) mass is 224 g/mol. The summed E-state index contributed by atoms with van der Waals surface area (Å²) in [4.78, 5) is 0. The Bertz CT molecular complexity index is 693. The van der Waals surface area contributed by atoms with Crippen molar-refractivity contribution in [3.05, 3.63) is 48.0 Å². The molecule has 0 fully saturated rings. The summed E-state index contributed by atoms with van der Waals surface area (Å²) in [6.07, 6.45) is 0. The van der Waals surface area contributed by atoms with Crippen LogP contribution in [0.3, 0.4) is 0 Å². The zero-order chi connectivity index (χ0) is 12.0. The minimum atomic E-state index is 0.0818. The maximum absolute atomic E-state index is 5.95. The van der Waals surface area contributed by atoms with E-state index in [2.05, 4.69) is 54.1 Å². The minimum Gasteiger partial charge on any atom is -0.344 e. The second-order valence-corrected chi connectivity index (χ2v) is 4.64. The molecule has 0 aliphatic heterocycles. The Morgan fingerprint density at radius 2 is 1.71 bits per heavy atom. The summed E-state index contributed by atoms with van der Waals surface area (Å²) in [5.41, 5.74) is 9.67. The van der Waals surface area contributed by atoms with Gasteiger partial charge in [-0.15, -0.1) is 0 Å². The Morgan fingerprint density at radius 1 is 1.00 bits per heavy atom. The fraction of sp³-hybridized carbons (Fsp3) is 0.200. The molecule has 3 aromatic rings. The van der Waals surface area contributed by atoms with Crippen LogP contribution in [-0.4, -0.2) is 4.57 Å². The lowest BCUT2D eigenvalue weighted by Gasteiger charge is -2.05. The van der Waals surface area contributed by atoms with Gasteiger partial charge in [0.15, 0.2) is 0 Å². The van der Waals surface area contributed by atoms with Crippen molar-refractivity contribution in [3.8, 4) is 0 Å². The third-order valence-electron chi connectivity index (χ3n) is 3.46. The van der Waals surface area contributed by atoms with E-state index in [-0.39, 0.29) is 6.04 Å². The van der Waals surface area contributed by atoms with Gasteiger partial charge in [-0.05, 0) is 30.7 Å². The summed E-state index contributed by atoms with van der Waals surface area (Å²) in [5, 5.41) is 2.59. The summed E-state index contributed by atoms with van der Waals surface area (Å²) >= 11 is 0. The SMILES string of the molecule is CC(N)c1ccc2c(c1)c1ccccc1n2C. The molecule has 86 valence electrons. The standard InChI is InChI=1S/C15H16N2/c1-10(16)11-7-8-15-13(9-11)12-5-3-4-6-14(12)17(15)2/h3-10H,16H2,1-2H3. The molecule has 2 aromatic carbocycles. The highest BCUT2D eigenvalue weighted by molar-refractivity contribution is 6.08. The number of nitrogens with two attached hydrogens (primary N) is 1. The van der Waals surface area contributed by atoms with Gasteiger partial charge in [0.2, 0.25) is 0 Å². The summed E-state index contributed by atoms with van der Waals surface area (Å²) in [5.74, 6) is 0. The highest BCUT2D eigenvalue weighted by atomic mass is 14.9. The molecule has 3 rings (SSSR count). The van der Waals surface area contributed by atoms with Crippen LogP contribution in [0.1, 0.15) is 18.5 Å². The summed E-state index contributed by atoms with van der Waals surface area (Å²) in [6.45, 7) is 2.02. The van der Waals surface area contributed by atoms with E-state index in [4.69, 9.17) is 5.73 Å². The van der Waals surface area contributed by atoms with Crippen molar-refractivity contribution in [2.75, 3.05) is 0 Å². The Kier molecular flexibility index (Phi) is 2.20. The number of nitrogens with zero attached hydrogens (tertiary/aromatic N) is 1. The van der Waals surface area contributed by atoms with E-state index in [0.717, 1.165) is 0 Å². The number of fused-ring (bicyclic) bond motifs is 3. The average Bonchev–Trinajstić information content (AvgIpc) is 2.64. The maximum Gasteiger partial charge on any atom is 0.0488 e. The van der Waals surface area contributed by atoms with E-state index < -0.39 is 0 Å². The summed E-state index contributed by atoms with van der Waals surface area (Å²) < 4.78 is 2.23. The zero-order valence-electron chi connectivity index (χ0n) is 10.1. The number of para-hydroxylation sites is 1. The lowest BCUT2D eigenvalue weighted by molar-refractivity contribution is 0.820. The molecular weight excluding hydrogens is 208 g/mol. The smallest absolute Gasteiger partial charge is 0.0488 e. The molecule has 17 heavy (non-hydrogen) atoms. The van der Waals surface area contributed by atoms with Crippen LogP contribution >= 0.6 is 0 Å². The van der Waals surface area contributed by atoms with Crippen molar-refractivity contribution in [1.82, 2.24) is 4.57 Å². The number of hydrogen-bond acceptors (Lipinski definition) is 1. The van der Waals surface area contributed by atoms with Gasteiger partial charge >= 0.3 is 0 Å². The third kappa shape index (κ3) is 1.45. The van der Waals surface area contributed by atoms with Crippen molar-refractivity contribution < 1.29 is 0 Å². The molecule has 2 nitrogen and oxygen atoms in total. The van der Waals surface area contributed by atoms with Gasteiger partial charge in [-0.1, -0.05) is 24.3 Å². The fourth-order valence-electron chi connectivity index (χ4n) is 2.47. The van der Waals surface area contributed by atoms with Crippen LogP contribution in [0.5, 0.6) is 0 Å². The van der Waals surface area contributed by atoms with Crippen molar-refractivity contribution in [3.63, 3.8) is 0 Å². The van der Waals surface area contributed by atoms with Crippen LogP contribution in [0.2, 0.25) is 0 Å². The maximum atomic E-state index is 5.95. The minimum absolute atomic E-state index is 0.0818. The van der Waals surface area contributed by atoms with E-state index in [0.29, 0.717) is 0 Å². The van der Waals surface area contributed by atoms with Crippen LogP contribution in [0, 0.1) is 0 Å². The molecule has 0 bridgehead atoms. The first-order valence-electron chi connectivity index (χ1n) is 5.91. The Hall–Kier alpha value is -1.80. The lowest BCUT2D eigenvalue weighted by atomic mass is 10.1. The first-order chi connectivity index (χ1) is 8.18. The molecule has 0 spiro atoms. The molecule has 0 saturated carbocycles. The molecule has 0 radical (unpaired) electrons. The van der Waals surface area contributed by atoms with Crippen molar-refractivity contribution >= 4 is 21.8 Å². The number of aromatic nitrogens is 1. The number of aryl methyl sites for hydroxylation is 1. The second kappa shape index (κ2) is 3.60. The lowest BCUT2D eigenvalue weighted by Crippen LogP contribution is -2.04. The van der Waals surface area contributed by atoms with Gasteiger partial charge in [-0.3, -0.25) is 0 Å². The van der Waals surface area contributed by atoms with Gasteiger partial charge in [0.05, 0.1) is 0 Å². The van der Waals surface area contributed by atoms with E-state index in [1.807, 2.05) is 6.92 Å². The Labute approximate surface area is 101 Å². The molecule has 1 atom stereocenters. The molecule has 0 amide bonds. The number of hydrogen-bond donors (Lipinski definition) is 1. The van der Waals surface area contributed by atoms with E-state index >= 15 is 0 Å². The van der Waals surface area contributed by atoms with Gasteiger partial charge in [0.1, 0.15) is 0 Å². The molecular formula is C15H16N2. The molecule has 1 heterocycles.